The average Bonchev–Trinajstić information content (AvgIpc) is 2.13. The minimum atomic E-state index is -0.860. The summed E-state index contributed by atoms with van der Waals surface area (Å²) in [5, 5.41) is 0. The van der Waals surface area contributed by atoms with Gasteiger partial charge in [-0.05, 0) is 24.2 Å². The van der Waals surface area contributed by atoms with Crippen LogP contribution in [0.25, 0.3) is 0 Å². The first-order chi connectivity index (χ1) is 7.65. The van der Waals surface area contributed by atoms with Crippen molar-refractivity contribution in [3.8, 4) is 0 Å². The Morgan fingerprint density at radius 1 is 1.24 bits per heavy atom. The number of esters is 1. The molecule has 98 valence electrons. The van der Waals surface area contributed by atoms with Gasteiger partial charge in [0, 0.05) is 5.92 Å². The highest BCUT2D eigenvalue weighted by atomic mass is 16.5. The number of ketones is 1. The summed E-state index contributed by atoms with van der Waals surface area (Å²) >= 11 is 0. The molecule has 0 bridgehead atoms. The normalized spacial score (nSPS) is 28.8. The molecule has 1 rings (SSSR count). The van der Waals surface area contributed by atoms with E-state index in [9.17, 15) is 9.59 Å². The molecule has 0 heterocycles. The predicted molar refractivity (Wildman–Crippen MR) is 66.5 cm³/mol. The Morgan fingerprint density at radius 2 is 1.71 bits per heavy atom. The topological polar surface area (TPSA) is 43.4 Å². The van der Waals surface area contributed by atoms with Crippen molar-refractivity contribution in [1.82, 2.24) is 0 Å². The van der Waals surface area contributed by atoms with E-state index in [-0.39, 0.29) is 23.1 Å². The lowest BCUT2D eigenvalue weighted by molar-refractivity contribution is -0.173. The molecule has 0 amide bonds. The van der Waals surface area contributed by atoms with Crippen LogP contribution < -0.4 is 0 Å². The van der Waals surface area contributed by atoms with Crippen LogP contribution in [-0.2, 0) is 14.3 Å². The van der Waals surface area contributed by atoms with Gasteiger partial charge < -0.3 is 4.74 Å². The number of ether oxygens (including phenoxy) is 1. The van der Waals surface area contributed by atoms with Gasteiger partial charge >= 0.3 is 5.97 Å². The quantitative estimate of drug-likeness (QED) is 0.563. The molecule has 0 aromatic rings. The summed E-state index contributed by atoms with van der Waals surface area (Å²) < 4.78 is 4.83. The van der Waals surface area contributed by atoms with E-state index in [0.29, 0.717) is 18.8 Å². The standard InChI is InChI=1S/C14H24O3/c1-9(2)11(15)14(12(16)17-6)7-10(8-14)13(3,4)5/h9-10H,7-8H2,1-6H3. The zero-order valence-electron chi connectivity index (χ0n) is 11.8. The third-order valence-corrected chi connectivity index (χ3v) is 3.99. The smallest absolute Gasteiger partial charge is 0.319 e. The maximum Gasteiger partial charge on any atom is 0.319 e. The van der Waals surface area contributed by atoms with Gasteiger partial charge in [0.05, 0.1) is 7.11 Å². The zero-order chi connectivity index (χ0) is 13.4. The van der Waals surface area contributed by atoms with Crippen LogP contribution >= 0.6 is 0 Å². The van der Waals surface area contributed by atoms with Crippen molar-refractivity contribution in [2.75, 3.05) is 7.11 Å². The Morgan fingerprint density at radius 3 is 2.00 bits per heavy atom. The summed E-state index contributed by atoms with van der Waals surface area (Å²) in [4.78, 5) is 24.1. The van der Waals surface area contributed by atoms with E-state index in [2.05, 4.69) is 20.8 Å². The van der Waals surface area contributed by atoms with Gasteiger partial charge in [0.25, 0.3) is 0 Å². The fourth-order valence-corrected chi connectivity index (χ4v) is 2.61. The molecule has 3 heteroatoms. The summed E-state index contributed by atoms with van der Waals surface area (Å²) in [5.74, 6) is -0.0131. The number of carbonyl (C=O) groups is 2. The minimum absolute atomic E-state index is 0.0323. The van der Waals surface area contributed by atoms with E-state index >= 15 is 0 Å². The Bertz CT molecular complexity index is 317. The van der Waals surface area contributed by atoms with E-state index in [1.165, 1.54) is 7.11 Å². The van der Waals surface area contributed by atoms with Crippen LogP contribution in [0.4, 0.5) is 0 Å². The van der Waals surface area contributed by atoms with Gasteiger partial charge in [0.15, 0.2) is 5.78 Å². The SMILES string of the molecule is COC(=O)C1(C(=O)C(C)C)CC(C(C)(C)C)C1. The first kappa shape index (κ1) is 14.2. The van der Waals surface area contributed by atoms with E-state index in [1.54, 1.807) is 0 Å². The van der Waals surface area contributed by atoms with Gasteiger partial charge in [0.1, 0.15) is 5.41 Å². The fourth-order valence-electron chi connectivity index (χ4n) is 2.61. The number of rotatable bonds is 3. The maximum absolute atomic E-state index is 12.2. The third-order valence-electron chi connectivity index (χ3n) is 3.99. The fraction of sp³-hybridized carbons (Fsp3) is 0.857. The third kappa shape index (κ3) is 2.38. The molecule has 0 aromatic heterocycles. The van der Waals surface area contributed by atoms with E-state index in [4.69, 9.17) is 4.74 Å². The lowest BCUT2D eigenvalue weighted by atomic mass is 9.52. The number of hydrogen-bond donors (Lipinski definition) is 0. The molecule has 1 fully saturated rings. The molecule has 0 aromatic carbocycles. The van der Waals surface area contributed by atoms with Crippen LogP contribution in [-0.4, -0.2) is 18.9 Å². The molecule has 0 radical (unpaired) electrons. The lowest BCUT2D eigenvalue weighted by Gasteiger charge is -2.50. The first-order valence-corrected chi connectivity index (χ1v) is 6.28. The first-order valence-electron chi connectivity index (χ1n) is 6.28. The summed E-state index contributed by atoms with van der Waals surface area (Å²) in [6.07, 6.45) is 1.28. The van der Waals surface area contributed by atoms with E-state index < -0.39 is 5.41 Å². The molecule has 0 atom stereocenters. The Hall–Kier alpha value is -0.860. The van der Waals surface area contributed by atoms with Gasteiger partial charge in [-0.15, -0.1) is 0 Å². The molecule has 0 N–H and O–H groups in total. The molecular formula is C14H24O3. The van der Waals surface area contributed by atoms with Crippen molar-refractivity contribution in [2.24, 2.45) is 22.7 Å². The zero-order valence-corrected chi connectivity index (χ0v) is 11.8. The number of carbonyl (C=O) groups excluding carboxylic acids is 2. The van der Waals surface area contributed by atoms with Gasteiger partial charge in [0.2, 0.25) is 0 Å². The van der Waals surface area contributed by atoms with Gasteiger partial charge in [-0.1, -0.05) is 34.6 Å². The molecule has 1 aliphatic carbocycles. The van der Waals surface area contributed by atoms with Crippen molar-refractivity contribution < 1.29 is 14.3 Å². The predicted octanol–water partition coefficient (Wildman–Crippen LogP) is 2.83. The highest BCUT2D eigenvalue weighted by Gasteiger charge is 2.59. The maximum atomic E-state index is 12.2. The van der Waals surface area contributed by atoms with Crippen LogP contribution in [0.1, 0.15) is 47.5 Å². The van der Waals surface area contributed by atoms with Crippen LogP contribution in [0.15, 0.2) is 0 Å². The largest absolute Gasteiger partial charge is 0.468 e. The number of hydrogen-bond acceptors (Lipinski definition) is 3. The summed E-state index contributed by atoms with van der Waals surface area (Å²) in [5.41, 5.74) is -0.713. The highest BCUT2D eigenvalue weighted by molar-refractivity contribution is 6.05. The molecule has 0 saturated heterocycles. The van der Waals surface area contributed by atoms with Gasteiger partial charge in [-0.2, -0.15) is 0 Å². The van der Waals surface area contributed by atoms with Gasteiger partial charge in [-0.3, -0.25) is 9.59 Å². The summed E-state index contributed by atoms with van der Waals surface area (Å²) in [7, 11) is 1.36. The van der Waals surface area contributed by atoms with Crippen LogP contribution in [0.3, 0.4) is 0 Å². The van der Waals surface area contributed by atoms with Crippen molar-refractivity contribution in [3.63, 3.8) is 0 Å². The number of Topliss-reactive ketones (excluding diaryl/α,β-unsaturated/α-hetero) is 1. The average molecular weight is 240 g/mol. The Labute approximate surface area is 104 Å². The van der Waals surface area contributed by atoms with E-state index in [1.807, 2.05) is 13.8 Å². The molecule has 1 aliphatic rings. The van der Waals surface area contributed by atoms with Crippen LogP contribution in [0.2, 0.25) is 0 Å². The van der Waals surface area contributed by atoms with Crippen molar-refractivity contribution >= 4 is 11.8 Å². The molecule has 0 spiro atoms. The second-order valence-electron chi connectivity index (χ2n) is 6.56. The molecule has 0 unspecified atom stereocenters. The molecule has 17 heavy (non-hydrogen) atoms. The van der Waals surface area contributed by atoms with Gasteiger partial charge in [-0.25, -0.2) is 0 Å². The second-order valence-corrected chi connectivity index (χ2v) is 6.56. The van der Waals surface area contributed by atoms with Crippen molar-refractivity contribution in [3.05, 3.63) is 0 Å². The number of methoxy groups -OCH3 is 1. The Balaban J connectivity index is 2.89. The molecule has 3 nitrogen and oxygen atoms in total. The summed E-state index contributed by atoms with van der Waals surface area (Å²) in [6.45, 7) is 10.1. The molecule has 1 saturated carbocycles. The van der Waals surface area contributed by atoms with Crippen LogP contribution in [0.5, 0.6) is 0 Å². The summed E-state index contributed by atoms with van der Waals surface area (Å²) in [6, 6.07) is 0. The molecular weight excluding hydrogens is 216 g/mol. The van der Waals surface area contributed by atoms with Crippen molar-refractivity contribution in [1.29, 1.82) is 0 Å². The second kappa shape index (κ2) is 4.43. The minimum Gasteiger partial charge on any atom is -0.468 e. The van der Waals surface area contributed by atoms with Crippen LogP contribution in [0, 0.1) is 22.7 Å². The van der Waals surface area contributed by atoms with E-state index in [0.717, 1.165) is 0 Å². The highest BCUT2D eigenvalue weighted by Crippen LogP contribution is 2.55. The monoisotopic (exact) mass is 240 g/mol. The Kier molecular flexibility index (Phi) is 3.70. The lowest BCUT2D eigenvalue weighted by Crippen LogP contribution is -2.54. The van der Waals surface area contributed by atoms with Crippen molar-refractivity contribution in [2.45, 2.75) is 47.5 Å². The molecule has 0 aliphatic heterocycles.